The molecule has 168 valence electrons. The predicted octanol–water partition coefficient (Wildman–Crippen LogP) is -2.36. The van der Waals surface area contributed by atoms with Gasteiger partial charge in [-0.15, -0.1) is 0 Å². The average Bonchev–Trinajstić information content (AvgIpc) is 2.70. The van der Waals surface area contributed by atoms with E-state index in [0.717, 1.165) is 0 Å². The van der Waals surface area contributed by atoms with Crippen molar-refractivity contribution in [3.8, 4) is 0 Å². The standard InChI is InChI=1S/C17H32N4O7S/c1-4-9(2)13(18)16(26)19-10(5-6-29-3)14(24)20-11(7-22)15(25)21-12(8-23)17(27)28/h9-13,22-23H,4-8,18H2,1-3H3,(H,19,26)(H,20,24)(H,21,25)(H,27,28). The second-order valence-electron chi connectivity index (χ2n) is 6.58. The Bertz CT molecular complexity index is 564. The summed E-state index contributed by atoms with van der Waals surface area (Å²) in [5, 5.41) is 34.1. The van der Waals surface area contributed by atoms with Crippen LogP contribution in [-0.4, -0.2) is 88.4 Å². The van der Waals surface area contributed by atoms with E-state index in [2.05, 4.69) is 10.6 Å². The lowest BCUT2D eigenvalue weighted by Crippen LogP contribution is -2.58. The molecule has 12 heteroatoms. The van der Waals surface area contributed by atoms with Gasteiger partial charge in [-0.3, -0.25) is 14.4 Å². The third-order valence-electron chi connectivity index (χ3n) is 4.42. The molecule has 0 saturated carbocycles. The first-order valence-corrected chi connectivity index (χ1v) is 10.6. The molecule has 5 atom stereocenters. The van der Waals surface area contributed by atoms with Crippen LogP contribution in [0.4, 0.5) is 0 Å². The summed E-state index contributed by atoms with van der Waals surface area (Å²) >= 11 is 1.45. The monoisotopic (exact) mass is 436 g/mol. The van der Waals surface area contributed by atoms with Crippen LogP contribution >= 0.6 is 11.8 Å². The first-order valence-electron chi connectivity index (χ1n) is 9.22. The Morgan fingerprint density at radius 1 is 0.931 bits per heavy atom. The Kier molecular flexibility index (Phi) is 13.2. The number of aliphatic hydroxyl groups is 2. The fraction of sp³-hybridized carbons (Fsp3) is 0.765. The van der Waals surface area contributed by atoms with Crippen molar-refractivity contribution in [3.63, 3.8) is 0 Å². The molecular weight excluding hydrogens is 404 g/mol. The van der Waals surface area contributed by atoms with Gasteiger partial charge in [0, 0.05) is 0 Å². The number of carbonyl (C=O) groups excluding carboxylic acids is 3. The number of aliphatic hydroxyl groups excluding tert-OH is 2. The zero-order valence-corrected chi connectivity index (χ0v) is 17.7. The molecule has 0 aliphatic rings. The summed E-state index contributed by atoms with van der Waals surface area (Å²) in [7, 11) is 0. The number of aliphatic carboxylic acids is 1. The zero-order chi connectivity index (χ0) is 22.6. The highest BCUT2D eigenvalue weighted by Gasteiger charge is 2.30. The fourth-order valence-electron chi connectivity index (χ4n) is 2.21. The molecule has 3 amide bonds. The molecule has 0 aromatic rings. The average molecular weight is 437 g/mol. The first kappa shape index (κ1) is 27.1. The second kappa shape index (κ2) is 14.1. The Morgan fingerprint density at radius 2 is 1.41 bits per heavy atom. The molecule has 0 aromatic carbocycles. The molecule has 29 heavy (non-hydrogen) atoms. The number of hydrogen-bond donors (Lipinski definition) is 7. The van der Waals surface area contributed by atoms with Crippen molar-refractivity contribution in [2.75, 3.05) is 25.2 Å². The molecule has 0 rings (SSSR count). The van der Waals surface area contributed by atoms with Gasteiger partial charge in [0.25, 0.3) is 0 Å². The van der Waals surface area contributed by atoms with Crippen LogP contribution in [0.1, 0.15) is 26.7 Å². The maximum absolute atomic E-state index is 12.6. The van der Waals surface area contributed by atoms with Gasteiger partial charge in [0.15, 0.2) is 0 Å². The molecule has 0 radical (unpaired) electrons. The highest BCUT2D eigenvalue weighted by Crippen LogP contribution is 2.07. The fourth-order valence-corrected chi connectivity index (χ4v) is 2.68. The van der Waals surface area contributed by atoms with E-state index in [1.165, 1.54) is 11.8 Å². The van der Waals surface area contributed by atoms with E-state index in [1.807, 2.05) is 25.4 Å². The highest BCUT2D eigenvalue weighted by molar-refractivity contribution is 7.98. The van der Waals surface area contributed by atoms with Gasteiger partial charge in [0.2, 0.25) is 17.7 Å². The summed E-state index contributed by atoms with van der Waals surface area (Å²) in [6.45, 7) is 2.04. The molecule has 0 bridgehead atoms. The lowest BCUT2D eigenvalue weighted by Gasteiger charge is -2.25. The maximum atomic E-state index is 12.6. The van der Waals surface area contributed by atoms with Crippen molar-refractivity contribution >= 4 is 35.5 Å². The van der Waals surface area contributed by atoms with E-state index >= 15 is 0 Å². The Labute approximate surface area is 174 Å². The summed E-state index contributed by atoms with van der Waals surface area (Å²) in [4.78, 5) is 47.9. The van der Waals surface area contributed by atoms with Gasteiger partial charge in [0.05, 0.1) is 19.3 Å². The molecule has 5 unspecified atom stereocenters. The van der Waals surface area contributed by atoms with Crippen LogP contribution in [0.3, 0.4) is 0 Å². The van der Waals surface area contributed by atoms with E-state index in [4.69, 9.17) is 15.9 Å². The van der Waals surface area contributed by atoms with Crippen molar-refractivity contribution < 1.29 is 34.5 Å². The minimum absolute atomic E-state index is 0.0957. The summed E-state index contributed by atoms with van der Waals surface area (Å²) in [6.07, 6.45) is 2.77. The van der Waals surface area contributed by atoms with Gasteiger partial charge in [0.1, 0.15) is 18.1 Å². The van der Waals surface area contributed by atoms with Gasteiger partial charge >= 0.3 is 5.97 Å². The molecule has 0 saturated heterocycles. The van der Waals surface area contributed by atoms with Crippen LogP contribution in [0.15, 0.2) is 0 Å². The number of rotatable bonds is 14. The zero-order valence-electron chi connectivity index (χ0n) is 16.9. The van der Waals surface area contributed by atoms with Crippen LogP contribution in [-0.2, 0) is 19.2 Å². The summed E-state index contributed by atoms with van der Waals surface area (Å²) in [5.74, 6) is -3.22. The smallest absolute Gasteiger partial charge is 0.328 e. The van der Waals surface area contributed by atoms with Crippen LogP contribution in [0, 0.1) is 5.92 Å². The summed E-state index contributed by atoms with van der Waals surface area (Å²) in [6, 6.07) is -4.82. The van der Waals surface area contributed by atoms with Crippen molar-refractivity contribution in [2.45, 2.75) is 50.9 Å². The largest absolute Gasteiger partial charge is 0.480 e. The first-order chi connectivity index (χ1) is 13.6. The van der Waals surface area contributed by atoms with Gasteiger partial charge in [-0.1, -0.05) is 20.3 Å². The van der Waals surface area contributed by atoms with Gasteiger partial charge in [-0.05, 0) is 24.3 Å². The topological polar surface area (TPSA) is 191 Å². The van der Waals surface area contributed by atoms with Crippen LogP contribution < -0.4 is 21.7 Å². The molecule has 11 nitrogen and oxygen atoms in total. The minimum Gasteiger partial charge on any atom is -0.480 e. The molecular formula is C17H32N4O7S. The predicted molar refractivity (Wildman–Crippen MR) is 108 cm³/mol. The summed E-state index contributed by atoms with van der Waals surface area (Å²) < 4.78 is 0. The molecule has 0 fully saturated rings. The van der Waals surface area contributed by atoms with Crippen LogP contribution in [0.5, 0.6) is 0 Å². The van der Waals surface area contributed by atoms with Crippen molar-refractivity contribution in [1.29, 1.82) is 0 Å². The van der Waals surface area contributed by atoms with Crippen LogP contribution in [0.2, 0.25) is 0 Å². The maximum Gasteiger partial charge on any atom is 0.328 e. The molecule has 0 heterocycles. The Hall–Kier alpha value is -1.89. The van der Waals surface area contributed by atoms with Gasteiger partial charge < -0.3 is 37.0 Å². The molecule has 0 spiro atoms. The van der Waals surface area contributed by atoms with E-state index < -0.39 is 61.1 Å². The van der Waals surface area contributed by atoms with Crippen LogP contribution in [0.25, 0.3) is 0 Å². The third-order valence-corrected chi connectivity index (χ3v) is 5.06. The number of thioether (sulfide) groups is 1. The van der Waals surface area contributed by atoms with Crippen molar-refractivity contribution in [2.24, 2.45) is 11.7 Å². The lowest BCUT2D eigenvalue weighted by atomic mass is 9.99. The third kappa shape index (κ3) is 9.43. The quantitative estimate of drug-likeness (QED) is 0.156. The Morgan fingerprint density at radius 3 is 1.86 bits per heavy atom. The number of amides is 3. The molecule has 0 aliphatic carbocycles. The van der Waals surface area contributed by atoms with Gasteiger partial charge in [-0.25, -0.2) is 4.79 Å². The molecule has 0 aliphatic heterocycles. The minimum atomic E-state index is -1.58. The molecule has 0 aromatic heterocycles. The van der Waals surface area contributed by atoms with E-state index in [1.54, 1.807) is 0 Å². The number of nitrogens with one attached hydrogen (secondary N) is 3. The number of nitrogens with two attached hydrogens (primary N) is 1. The van der Waals surface area contributed by atoms with E-state index in [9.17, 15) is 24.3 Å². The van der Waals surface area contributed by atoms with Crippen molar-refractivity contribution in [1.82, 2.24) is 16.0 Å². The molecule has 8 N–H and O–H groups in total. The van der Waals surface area contributed by atoms with E-state index in [-0.39, 0.29) is 12.3 Å². The number of carbonyl (C=O) groups is 4. The van der Waals surface area contributed by atoms with Crippen molar-refractivity contribution in [3.05, 3.63) is 0 Å². The second-order valence-corrected chi connectivity index (χ2v) is 7.57. The Balaban J connectivity index is 5.15. The normalized spacial score (nSPS) is 16.1. The lowest BCUT2D eigenvalue weighted by molar-refractivity contribution is -0.143. The SMILES string of the molecule is CCC(C)C(N)C(=O)NC(CCSC)C(=O)NC(CO)C(=O)NC(CO)C(=O)O. The number of carboxylic acid groups (broad SMARTS) is 1. The summed E-state index contributed by atoms with van der Waals surface area (Å²) in [5.41, 5.74) is 5.89. The number of carboxylic acids is 1. The number of hydrogen-bond acceptors (Lipinski definition) is 8. The highest BCUT2D eigenvalue weighted by atomic mass is 32.2. The van der Waals surface area contributed by atoms with Gasteiger partial charge in [-0.2, -0.15) is 11.8 Å². The van der Waals surface area contributed by atoms with E-state index in [0.29, 0.717) is 12.2 Å².